The average Bonchev–Trinajstić information content (AvgIpc) is 3.33. The summed E-state index contributed by atoms with van der Waals surface area (Å²) >= 11 is 0. The number of aliphatic hydroxyl groups excluding tert-OH is 16. The van der Waals surface area contributed by atoms with E-state index in [1.165, 1.54) is 13.8 Å². The van der Waals surface area contributed by atoms with Gasteiger partial charge in [0.05, 0.1) is 37.6 Å². The molecule has 28 nitrogen and oxygen atoms in total. The molecule has 6 heterocycles. The van der Waals surface area contributed by atoms with E-state index in [2.05, 4.69) is 0 Å². The fourth-order valence-electron chi connectivity index (χ4n) is 8.55. The third-order valence-electron chi connectivity index (χ3n) is 13.0. The Balaban J connectivity index is 0.000000261. The topological polar surface area (TPSA) is 434 Å². The fourth-order valence-corrected chi connectivity index (χ4v) is 8.55. The molecule has 6 saturated heterocycles. The number of ether oxygens (including phenoxy) is 12. The Bertz CT molecular complexity index is 1420. The van der Waals surface area contributed by atoms with Gasteiger partial charge in [0, 0.05) is 13.2 Å². The van der Waals surface area contributed by atoms with Crippen LogP contribution in [0.15, 0.2) is 0 Å². The second-order valence-corrected chi connectivity index (χ2v) is 18.3. The first-order valence-corrected chi connectivity index (χ1v) is 23.6. The zero-order valence-electron chi connectivity index (χ0n) is 39.6. The largest absolute Gasteiger partial charge is 0.394 e. The lowest BCUT2D eigenvalue weighted by Gasteiger charge is -2.47. The van der Waals surface area contributed by atoms with Gasteiger partial charge >= 0.3 is 0 Å². The maximum Gasteiger partial charge on any atom is 0.187 e. The zero-order valence-corrected chi connectivity index (χ0v) is 39.6. The van der Waals surface area contributed by atoms with Crippen molar-refractivity contribution in [2.45, 2.75) is 239 Å². The maximum absolute atomic E-state index is 10.9. The molecule has 0 aromatic rings. The smallest absolute Gasteiger partial charge is 0.187 e. The van der Waals surface area contributed by atoms with Gasteiger partial charge in [0.15, 0.2) is 37.7 Å². The Morgan fingerprint density at radius 3 is 0.900 bits per heavy atom. The minimum Gasteiger partial charge on any atom is -0.394 e. The van der Waals surface area contributed by atoms with E-state index in [1.54, 1.807) is 13.8 Å². The van der Waals surface area contributed by atoms with Crippen molar-refractivity contribution in [3.05, 3.63) is 0 Å². The van der Waals surface area contributed by atoms with E-state index in [1.807, 2.05) is 13.8 Å². The van der Waals surface area contributed by atoms with Crippen LogP contribution in [0.4, 0.5) is 0 Å². The third kappa shape index (κ3) is 13.5. The highest BCUT2D eigenvalue weighted by Crippen LogP contribution is 2.35. The molecular weight excluding hydrogens is 952 g/mol. The Morgan fingerprint density at radius 2 is 0.586 bits per heavy atom. The zero-order chi connectivity index (χ0) is 52.0. The van der Waals surface area contributed by atoms with Crippen LogP contribution in [0, 0.1) is 0 Å². The molecule has 28 heteroatoms. The van der Waals surface area contributed by atoms with Crippen LogP contribution < -0.4 is 0 Å². The number of hydrogen-bond donors (Lipinski definition) is 16. The molecule has 0 saturated carbocycles. The average molecular weight is 1030 g/mol. The number of aliphatic hydroxyl groups is 16. The molecule has 0 radical (unpaired) electrons. The molecule has 6 fully saturated rings. The molecule has 12 unspecified atom stereocenters. The van der Waals surface area contributed by atoms with Crippen LogP contribution in [0.25, 0.3) is 0 Å². The summed E-state index contributed by atoms with van der Waals surface area (Å²) in [5.74, 6) is 0. The Morgan fingerprint density at radius 1 is 0.300 bits per heavy atom. The van der Waals surface area contributed by atoms with E-state index in [0.29, 0.717) is 12.8 Å². The molecule has 0 spiro atoms. The van der Waals surface area contributed by atoms with Gasteiger partial charge in [0.25, 0.3) is 0 Å². The van der Waals surface area contributed by atoms with E-state index in [0.717, 1.165) is 0 Å². The highest BCUT2D eigenvalue weighted by Gasteiger charge is 2.55. The van der Waals surface area contributed by atoms with E-state index in [4.69, 9.17) is 56.8 Å². The van der Waals surface area contributed by atoms with Crippen LogP contribution in [0.5, 0.6) is 0 Å². The lowest BCUT2D eigenvalue weighted by atomic mass is 9.96. The summed E-state index contributed by atoms with van der Waals surface area (Å²) in [5, 5.41) is 164. The van der Waals surface area contributed by atoms with Crippen molar-refractivity contribution in [3.63, 3.8) is 0 Å². The maximum atomic E-state index is 10.9. The summed E-state index contributed by atoms with van der Waals surface area (Å²) in [6.45, 7) is 8.94. The Kier molecular flexibility index (Phi) is 22.7. The quantitative estimate of drug-likeness (QED) is 0.0683. The van der Waals surface area contributed by atoms with Gasteiger partial charge in [0.2, 0.25) is 0 Å². The van der Waals surface area contributed by atoms with Gasteiger partial charge in [-0.2, -0.15) is 0 Å². The lowest BCUT2D eigenvalue weighted by Crippen LogP contribution is -2.65. The minimum atomic E-state index is -1.76. The molecule has 0 aromatic carbocycles. The molecular formula is C42H76O28. The van der Waals surface area contributed by atoms with Gasteiger partial charge in [-0.05, 0) is 40.5 Å². The SMILES string of the molecule is CCCO[C@@H]1OC(C)[C@H](O)[C@H](O)C1O[C@@H]1OC(C)[C@H](O)[C@H](O[C@H]2O[C@@H](CO)[C@@H](O)C(O)C2O)C1O.CCCO[C@@H]1OC(C)[C@H](O)[C@H](O)C1O[C@@H]1OC(C)[C@H](O)[C@H](O[C@H]2O[C@@H](CO)[C@@H](O)C(O)C2O)C1O. The molecule has 0 aliphatic carbocycles. The summed E-state index contributed by atoms with van der Waals surface area (Å²) in [5.41, 5.74) is 0. The molecule has 0 amide bonds. The second-order valence-electron chi connectivity index (χ2n) is 18.3. The van der Waals surface area contributed by atoms with E-state index in [9.17, 15) is 81.7 Å². The summed E-state index contributed by atoms with van der Waals surface area (Å²) in [6.07, 6.45) is -40.7. The molecule has 70 heavy (non-hydrogen) atoms. The van der Waals surface area contributed by atoms with Crippen molar-refractivity contribution in [2.24, 2.45) is 0 Å². The van der Waals surface area contributed by atoms with Crippen LogP contribution in [0.2, 0.25) is 0 Å². The van der Waals surface area contributed by atoms with Crippen molar-refractivity contribution in [1.82, 2.24) is 0 Å². The summed E-state index contributed by atoms with van der Waals surface area (Å²) in [7, 11) is 0. The lowest BCUT2D eigenvalue weighted by molar-refractivity contribution is -0.381. The van der Waals surface area contributed by atoms with Crippen LogP contribution in [0.3, 0.4) is 0 Å². The van der Waals surface area contributed by atoms with Gasteiger partial charge in [-0.25, -0.2) is 0 Å². The first kappa shape index (κ1) is 59.8. The summed E-state index contributed by atoms with van der Waals surface area (Å²) in [6, 6.07) is 0. The van der Waals surface area contributed by atoms with Gasteiger partial charge in [-0.15, -0.1) is 0 Å². The molecule has 412 valence electrons. The third-order valence-corrected chi connectivity index (χ3v) is 13.0. The standard InChI is InChI=1S/2C21H38O14/c2*1-4-5-30-21-18(14(27)10(23)7(2)32-21)35-20-16(29)17(11(24)8(3)31-20)34-19-15(28)13(26)12(25)9(6-22)33-19/h2*7-29H,4-6H2,1-3H3/t2*7?,8?,9-,10-,11-,12+,13?,14-,15?,16?,17-,18?,19+,20-,21+/m00/s1. The predicted octanol–water partition coefficient (Wildman–Crippen LogP) is -8.17. The van der Waals surface area contributed by atoms with E-state index >= 15 is 0 Å². The molecule has 30 atom stereocenters. The minimum absolute atomic E-state index is 0.270. The van der Waals surface area contributed by atoms with Crippen LogP contribution in [0.1, 0.15) is 54.4 Å². The van der Waals surface area contributed by atoms with Gasteiger partial charge in [-0.3, -0.25) is 0 Å². The summed E-state index contributed by atoms with van der Waals surface area (Å²) < 4.78 is 66.9. The first-order valence-electron chi connectivity index (χ1n) is 23.6. The summed E-state index contributed by atoms with van der Waals surface area (Å²) in [4.78, 5) is 0. The highest BCUT2D eigenvalue weighted by molar-refractivity contribution is 4.97. The molecule has 6 rings (SSSR count). The normalized spacial score (nSPS) is 51.3. The van der Waals surface area contributed by atoms with Crippen molar-refractivity contribution in [2.75, 3.05) is 26.4 Å². The van der Waals surface area contributed by atoms with Crippen LogP contribution in [-0.2, 0) is 56.8 Å². The van der Waals surface area contributed by atoms with Crippen LogP contribution in [-0.4, -0.2) is 292 Å². The molecule has 0 aromatic heterocycles. The van der Waals surface area contributed by atoms with Crippen molar-refractivity contribution in [3.8, 4) is 0 Å². The molecule has 6 aliphatic heterocycles. The molecule has 6 aliphatic rings. The Labute approximate surface area is 403 Å². The number of rotatable bonds is 16. The second kappa shape index (κ2) is 26.6. The first-order chi connectivity index (χ1) is 33.0. The highest BCUT2D eigenvalue weighted by atomic mass is 16.8. The van der Waals surface area contributed by atoms with E-state index in [-0.39, 0.29) is 13.2 Å². The van der Waals surface area contributed by atoms with Crippen molar-refractivity contribution in [1.29, 1.82) is 0 Å². The molecule has 16 N–H and O–H groups in total. The van der Waals surface area contributed by atoms with Crippen molar-refractivity contribution < 1.29 is 139 Å². The van der Waals surface area contributed by atoms with E-state index < -0.39 is 197 Å². The monoisotopic (exact) mass is 1030 g/mol. The molecule has 0 bridgehead atoms. The van der Waals surface area contributed by atoms with Gasteiger partial charge < -0.3 is 139 Å². The van der Waals surface area contributed by atoms with Gasteiger partial charge in [-0.1, -0.05) is 13.8 Å². The van der Waals surface area contributed by atoms with Crippen LogP contribution >= 0.6 is 0 Å². The predicted molar refractivity (Wildman–Crippen MR) is 225 cm³/mol. The fraction of sp³-hybridized carbons (Fsp3) is 1.00. The van der Waals surface area contributed by atoms with Crippen molar-refractivity contribution >= 4 is 0 Å². The Hall–Kier alpha value is -1.12. The van der Waals surface area contributed by atoms with Gasteiger partial charge in [0.1, 0.15) is 122 Å². The number of hydrogen-bond acceptors (Lipinski definition) is 28.